The highest BCUT2D eigenvalue weighted by Crippen LogP contribution is 2.22. The van der Waals surface area contributed by atoms with Gasteiger partial charge in [0.1, 0.15) is 10.6 Å². The lowest BCUT2D eigenvalue weighted by Gasteiger charge is -2.02. The van der Waals surface area contributed by atoms with E-state index in [1.807, 2.05) is 5.43 Å². The minimum Gasteiger partial charge on any atom is -0.399 e. The second kappa shape index (κ2) is 7.16. The predicted octanol–water partition coefficient (Wildman–Crippen LogP) is 2.16. The van der Waals surface area contributed by atoms with Gasteiger partial charge in [0.2, 0.25) is 0 Å². The number of benzene rings is 1. The number of non-ortho nitro benzene ring substituents is 2. The van der Waals surface area contributed by atoms with Gasteiger partial charge in [0.05, 0.1) is 27.5 Å². The molecule has 2 aromatic rings. The van der Waals surface area contributed by atoms with Crippen LogP contribution in [0.2, 0.25) is 0 Å². The first-order valence-electron chi connectivity index (χ1n) is 6.72. The minimum absolute atomic E-state index is 0.0158. The Bertz CT molecular complexity index is 916. The summed E-state index contributed by atoms with van der Waals surface area (Å²) >= 11 is 0. The molecule has 0 aliphatic carbocycles. The van der Waals surface area contributed by atoms with Crippen molar-refractivity contribution in [3.8, 4) is 0 Å². The fraction of sp³-hybridized carbons (Fsp3) is 0.0769. The molecule has 1 heterocycles. The van der Waals surface area contributed by atoms with Gasteiger partial charge in [0, 0.05) is 12.1 Å². The average molecular weight is 363 g/mol. The van der Waals surface area contributed by atoms with Gasteiger partial charge in [0.15, 0.2) is 5.76 Å². The second-order valence-corrected chi connectivity index (χ2v) is 4.79. The molecule has 1 aromatic heterocycles. The highest BCUT2D eigenvalue weighted by molar-refractivity contribution is 5.99. The molecule has 0 atom stereocenters. The Labute approximate surface area is 143 Å². The lowest BCUT2D eigenvalue weighted by atomic mass is 10.1. The Hall–Kier alpha value is -4.16. The molecule has 26 heavy (non-hydrogen) atoms. The zero-order chi connectivity index (χ0) is 19.4. The zero-order valence-corrected chi connectivity index (χ0v) is 12.9. The predicted molar refractivity (Wildman–Crippen MR) is 84.8 cm³/mol. The molecule has 0 aliphatic heterocycles. The van der Waals surface area contributed by atoms with Gasteiger partial charge < -0.3 is 4.42 Å². The van der Waals surface area contributed by atoms with E-state index in [0.29, 0.717) is 6.07 Å². The molecule has 0 radical (unpaired) electrons. The van der Waals surface area contributed by atoms with Gasteiger partial charge in [-0.25, -0.2) is 5.43 Å². The summed E-state index contributed by atoms with van der Waals surface area (Å²) in [6.45, 7) is 1.39. The van der Waals surface area contributed by atoms with Crippen molar-refractivity contribution in [3.05, 3.63) is 72.0 Å². The highest BCUT2D eigenvalue weighted by Gasteiger charge is 2.20. The van der Waals surface area contributed by atoms with Crippen LogP contribution in [0.5, 0.6) is 0 Å². The second-order valence-electron chi connectivity index (χ2n) is 4.79. The maximum atomic E-state index is 12.0. The number of hydrazone groups is 1. The van der Waals surface area contributed by atoms with Crippen molar-refractivity contribution < 1.29 is 24.0 Å². The van der Waals surface area contributed by atoms with Crippen LogP contribution < -0.4 is 5.43 Å². The molecule has 0 saturated carbocycles. The largest absolute Gasteiger partial charge is 0.433 e. The maximum Gasteiger partial charge on any atom is 0.433 e. The Morgan fingerprint density at radius 3 is 2.04 bits per heavy atom. The lowest BCUT2D eigenvalue weighted by Crippen LogP contribution is -2.19. The quantitative estimate of drug-likeness (QED) is 0.459. The van der Waals surface area contributed by atoms with E-state index in [0.717, 1.165) is 18.2 Å². The van der Waals surface area contributed by atoms with Crippen LogP contribution in [0.3, 0.4) is 0 Å². The summed E-state index contributed by atoms with van der Waals surface area (Å²) in [6, 6.07) is 4.78. The lowest BCUT2D eigenvalue weighted by molar-refractivity contribution is -0.402. The standard InChI is InChI=1S/C13H9N5O8/c1-7(11-2-3-12(26-11)18(24)25)14-15-13(19)8-4-9(16(20)21)6-10(5-8)17(22)23/h2-6H,1H3,(H,15,19)/b14-7+. The fourth-order valence-corrected chi connectivity index (χ4v) is 1.81. The van der Waals surface area contributed by atoms with Crippen LogP contribution >= 0.6 is 0 Å². The summed E-state index contributed by atoms with van der Waals surface area (Å²) in [7, 11) is 0. The van der Waals surface area contributed by atoms with Crippen molar-refractivity contribution in [2.24, 2.45) is 5.10 Å². The Balaban J connectivity index is 2.24. The van der Waals surface area contributed by atoms with Crippen LogP contribution in [0, 0.1) is 30.3 Å². The Morgan fingerprint density at radius 1 is 1.00 bits per heavy atom. The van der Waals surface area contributed by atoms with Crippen molar-refractivity contribution in [1.82, 2.24) is 5.43 Å². The van der Waals surface area contributed by atoms with Gasteiger partial charge in [-0.2, -0.15) is 5.10 Å². The molecule has 13 nitrogen and oxygen atoms in total. The number of amides is 1. The number of carbonyl (C=O) groups excluding carboxylic acids is 1. The number of nitrogens with one attached hydrogen (secondary N) is 1. The molecule has 2 rings (SSSR count). The molecule has 1 aromatic carbocycles. The zero-order valence-electron chi connectivity index (χ0n) is 12.9. The van der Waals surface area contributed by atoms with E-state index >= 15 is 0 Å². The monoisotopic (exact) mass is 363 g/mol. The van der Waals surface area contributed by atoms with Crippen molar-refractivity contribution in [3.63, 3.8) is 0 Å². The van der Waals surface area contributed by atoms with Crippen LogP contribution in [0.25, 0.3) is 0 Å². The summed E-state index contributed by atoms with van der Waals surface area (Å²) in [5.41, 5.74) is 0.498. The summed E-state index contributed by atoms with van der Waals surface area (Å²) in [6.07, 6.45) is 0. The number of carbonyl (C=O) groups is 1. The number of hydrogen-bond donors (Lipinski definition) is 1. The Morgan fingerprint density at radius 2 is 1.58 bits per heavy atom. The number of hydrogen-bond acceptors (Lipinski definition) is 9. The molecule has 0 saturated heterocycles. The van der Waals surface area contributed by atoms with Gasteiger partial charge in [-0.05, 0) is 13.0 Å². The molecular weight excluding hydrogens is 354 g/mol. The van der Waals surface area contributed by atoms with Gasteiger partial charge >= 0.3 is 5.88 Å². The van der Waals surface area contributed by atoms with Crippen molar-refractivity contribution in [1.29, 1.82) is 0 Å². The first kappa shape index (κ1) is 18.2. The fourth-order valence-electron chi connectivity index (χ4n) is 1.81. The van der Waals surface area contributed by atoms with Gasteiger partial charge in [-0.1, -0.05) is 0 Å². The topological polar surface area (TPSA) is 184 Å². The van der Waals surface area contributed by atoms with E-state index in [9.17, 15) is 35.1 Å². The van der Waals surface area contributed by atoms with Crippen LogP contribution in [-0.2, 0) is 0 Å². The molecule has 13 heteroatoms. The number of rotatable bonds is 6. The third-order valence-electron chi connectivity index (χ3n) is 3.04. The molecular formula is C13H9N5O8. The molecule has 0 unspecified atom stereocenters. The molecule has 1 amide bonds. The minimum atomic E-state index is -0.947. The van der Waals surface area contributed by atoms with Crippen molar-refractivity contribution in [2.75, 3.05) is 0 Å². The van der Waals surface area contributed by atoms with Crippen molar-refractivity contribution >= 4 is 28.9 Å². The summed E-state index contributed by atoms with van der Waals surface area (Å²) < 4.78 is 4.89. The molecule has 0 spiro atoms. The first-order valence-corrected chi connectivity index (χ1v) is 6.72. The van der Waals surface area contributed by atoms with Crippen LogP contribution in [0.1, 0.15) is 23.0 Å². The maximum absolute atomic E-state index is 12.0. The van der Waals surface area contributed by atoms with Gasteiger partial charge in [-0.3, -0.25) is 35.1 Å². The number of nitrogens with zero attached hydrogens (tertiary/aromatic N) is 4. The third-order valence-corrected chi connectivity index (χ3v) is 3.04. The van der Waals surface area contributed by atoms with Crippen molar-refractivity contribution in [2.45, 2.75) is 6.92 Å². The molecule has 134 valence electrons. The molecule has 1 N–H and O–H groups in total. The molecule has 0 fully saturated rings. The van der Waals surface area contributed by atoms with E-state index < -0.39 is 37.9 Å². The van der Waals surface area contributed by atoms with Crippen LogP contribution in [0.4, 0.5) is 17.3 Å². The summed E-state index contributed by atoms with van der Waals surface area (Å²) in [5, 5.41) is 35.8. The molecule has 0 bridgehead atoms. The Kier molecular flexibility index (Phi) is 5.01. The summed E-state index contributed by atoms with van der Waals surface area (Å²) in [4.78, 5) is 41.7. The van der Waals surface area contributed by atoms with Gasteiger partial charge in [-0.15, -0.1) is 0 Å². The van der Waals surface area contributed by atoms with Crippen LogP contribution in [-0.4, -0.2) is 26.4 Å². The number of nitro benzene ring substituents is 2. The third kappa shape index (κ3) is 4.02. The smallest absolute Gasteiger partial charge is 0.399 e. The number of furan rings is 1. The summed E-state index contributed by atoms with van der Waals surface area (Å²) in [5.74, 6) is -1.45. The normalized spacial score (nSPS) is 11.0. The van der Waals surface area contributed by atoms with Crippen LogP contribution in [0.15, 0.2) is 39.9 Å². The van der Waals surface area contributed by atoms with E-state index in [1.165, 1.54) is 13.0 Å². The highest BCUT2D eigenvalue weighted by atomic mass is 16.7. The first-order chi connectivity index (χ1) is 12.2. The SMILES string of the molecule is C/C(=N\NC(=O)c1cc([N+](=O)[O-])cc([N+](=O)[O-])c1)c1ccc([N+](=O)[O-])o1. The van der Waals surface area contributed by atoms with E-state index in [1.54, 1.807) is 0 Å². The average Bonchev–Trinajstić information content (AvgIpc) is 3.09. The van der Waals surface area contributed by atoms with Gasteiger partial charge in [0.25, 0.3) is 17.3 Å². The number of nitro groups is 3. The van der Waals surface area contributed by atoms with E-state index in [4.69, 9.17) is 4.42 Å². The van der Waals surface area contributed by atoms with E-state index in [-0.39, 0.29) is 17.0 Å². The molecule has 0 aliphatic rings. The van der Waals surface area contributed by atoms with E-state index in [2.05, 4.69) is 5.10 Å².